The largest absolute Gasteiger partial charge is 0.528 e. The summed E-state index contributed by atoms with van der Waals surface area (Å²) in [6.45, 7) is 6.16. The molecule has 11 nitrogen and oxygen atoms in total. The van der Waals surface area contributed by atoms with E-state index in [1.54, 1.807) is 25.8 Å². The fraction of sp³-hybridized carbons (Fsp3) is 0.522. The van der Waals surface area contributed by atoms with E-state index in [0.29, 0.717) is 43.2 Å². The minimum Gasteiger partial charge on any atom is -0.492 e. The molecule has 0 bridgehead atoms. The van der Waals surface area contributed by atoms with Gasteiger partial charge in [0.05, 0.1) is 23.1 Å². The Bertz CT molecular complexity index is 1160. The molecule has 1 aromatic heterocycles. The van der Waals surface area contributed by atoms with Crippen molar-refractivity contribution in [2.45, 2.75) is 45.8 Å². The smallest absolute Gasteiger partial charge is 0.492 e. The highest BCUT2D eigenvalue weighted by Gasteiger charge is 2.25. The van der Waals surface area contributed by atoms with E-state index in [4.69, 9.17) is 19.0 Å². The molecule has 36 heavy (non-hydrogen) atoms. The molecular formula is C23H31FN4O7S. The molecule has 0 saturated carbocycles. The second-order valence-corrected chi connectivity index (χ2v) is 10.9. The second-order valence-electron chi connectivity index (χ2n) is 8.65. The quantitative estimate of drug-likeness (QED) is 0.457. The van der Waals surface area contributed by atoms with Gasteiger partial charge in [-0.3, -0.25) is 0 Å². The van der Waals surface area contributed by atoms with Gasteiger partial charge >= 0.3 is 6.16 Å². The zero-order valence-electron chi connectivity index (χ0n) is 20.7. The van der Waals surface area contributed by atoms with Crippen LogP contribution in [0.3, 0.4) is 0 Å². The van der Waals surface area contributed by atoms with Crippen LogP contribution in [0.1, 0.15) is 32.3 Å². The van der Waals surface area contributed by atoms with Crippen LogP contribution in [-0.2, 0) is 19.4 Å². The highest BCUT2D eigenvalue weighted by molar-refractivity contribution is 7.90. The number of nitrogens with one attached hydrogen (secondary N) is 1. The number of hydroxylamine groups is 2. The molecule has 1 saturated heterocycles. The van der Waals surface area contributed by atoms with Crippen molar-refractivity contribution >= 4 is 27.5 Å². The Balaban J connectivity index is 1.56. The Morgan fingerprint density at radius 2 is 1.97 bits per heavy atom. The van der Waals surface area contributed by atoms with Gasteiger partial charge in [-0.1, -0.05) is 0 Å². The molecule has 198 valence electrons. The first-order chi connectivity index (χ1) is 17.0. The lowest BCUT2D eigenvalue weighted by atomic mass is 10.1. The molecule has 1 aromatic carbocycles. The zero-order chi connectivity index (χ0) is 26.3. The van der Waals surface area contributed by atoms with Crippen LogP contribution in [-0.4, -0.2) is 73.5 Å². The minimum atomic E-state index is -3.17. The Morgan fingerprint density at radius 3 is 2.61 bits per heavy atom. The van der Waals surface area contributed by atoms with Crippen molar-refractivity contribution < 1.29 is 36.7 Å². The fourth-order valence-electron chi connectivity index (χ4n) is 3.32. The third kappa shape index (κ3) is 8.48. The minimum absolute atomic E-state index is 0.0656. The highest BCUT2D eigenvalue weighted by Crippen LogP contribution is 2.29. The number of halogens is 1. The molecule has 1 aliphatic heterocycles. The number of hydrogen-bond acceptors (Lipinski definition) is 11. The lowest BCUT2D eigenvalue weighted by Crippen LogP contribution is -2.40. The van der Waals surface area contributed by atoms with Gasteiger partial charge in [0, 0.05) is 38.3 Å². The van der Waals surface area contributed by atoms with Gasteiger partial charge in [-0.15, -0.1) is 5.06 Å². The molecule has 3 rings (SSSR count). The van der Waals surface area contributed by atoms with E-state index in [9.17, 15) is 17.6 Å². The summed E-state index contributed by atoms with van der Waals surface area (Å²) in [5.41, 5.74) is 0.765. The number of aromatic nitrogens is 2. The Morgan fingerprint density at radius 1 is 1.25 bits per heavy atom. The van der Waals surface area contributed by atoms with Gasteiger partial charge < -0.3 is 24.4 Å². The zero-order valence-corrected chi connectivity index (χ0v) is 21.5. The van der Waals surface area contributed by atoms with Crippen LogP contribution in [0.4, 0.5) is 20.7 Å². The van der Waals surface area contributed by atoms with E-state index < -0.39 is 21.8 Å². The van der Waals surface area contributed by atoms with Crippen molar-refractivity contribution in [2.75, 3.05) is 37.0 Å². The monoisotopic (exact) mass is 526 g/mol. The summed E-state index contributed by atoms with van der Waals surface area (Å²) in [5, 5.41) is 4.48. The molecule has 0 amide bonds. The van der Waals surface area contributed by atoms with Crippen LogP contribution in [0.15, 0.2) is 24.5 Å². The SMILES string of the molecule is Cc1c(Nc2ccc(OCCS(C)(=O)=O)cc2F)ncnc1OC1CCN(OC(=O)OC(C)C)CC1. The van der Waals surface area contributed by atoms with Crippen molar-refractivity contribution in [3.8, 4) is 11.6 Å². The lowest BCUT2D eigenvalue weighted by Gasteiger charge is -2.30. The standard InChI is InChI=1S/C23H31FN4O7S/c1-15(2)33-23(29)35-28-9-7-17(8-10-28)34-22-16(3)21(25-14-26-22)27-20-6-5-18(13-19(20)24)32-11-12-36(4,30)31/h5-6,13-15,17H,7-12H2,1-4H3,(H,25,26,27). The predicted molar refractivity (Wildman–Crippen MR) is 130 cm³/mol. The van der Waals surface area contributed by atoms with Gasteiger partial charge in [-0.05, 0) is 32.9 Å². The molecule has 2 heterocycles. The first-order valence-electron chi connectivity index (χ1n) is 11.5. The van der Waals surface area contributed by atoms with Gasteiger partial charge in [0.15, 0.2) is 9.84 Å². The van der Waals surface area contributed by atoms with Crippen molar-refractivity contribution in [1.29, 1.82) is 0 Å². The average molecular weight is 527 g/mol. The summed E-state index contributed by atoms with van der Waals surface area (Å²) in [6.07, 6.45) is 2.52. The maximum Gasteiger partial charge on any atom is 0.528 e. The maximum absolute atomic E-state index is 14.6. The van der Waals surface area contributed by atoms with E-state index in [-0.39, 0.29) is 36.0 Å². The number of anilines is 2. The molecule has 0 radical (unpaired) electrons. The van der Waals surface area contributed by atoms with Crippen molar-refractivity contribution in [1.82, 2.24) is 15.0 Å². The molecule has 1 aliphatic rings. The normalized spacial score (nSPS) is 14.9. The first kappa shape index (κ1) is 27.4. The second kappa shape index (κ2) is 12.2. The first-order valence-corrected chi connectivity index (χ1v) is 13.5. The molecule has 0 spiro atoms. The number of nitrogens with zero attached hydrogens (tertiary/aromatic N) is 3. The number of rotatable bonds is 10. The summed E-state index contributed by atoms with van der Waals surface area (Å²) in [4.78, 5) is 25.2. The van der Waals surface area contributed by atoms with Crippen molar-refractivity contribution in [3.63, 3.8) is 0 Å². The van der Waals surface area contributed by atoms with Crippen LogP contribution in [0, 0.1) is 12.7 Å². The fourth-order valence-corrected chi connectivity index (χ4v) is 3.71. The number of piperidine rings is 1. The number of carbonyl (C=O) groups excluding carboxylic acids is 1. The van der Waals surface area contributed by atoms with Gasteiger partial charge in [0.25, 0.3) is 0 Å². The molecule has 13 heteroatoms. The molecular weight excluding hydrogens is 495 g/mol. The number of sulfone groups is 1. The average Bonchev–Trinajstić information content (AvgIpc) is 2.78. The summed E-state index contributed by atoms with van der Waals surface area (Å²) in [7, 11) is -3.17. The molecule has 1 fully saturated rings. The van der Waals surface area contributed by atoms with Gasteiger partial charge in [0.1, 0.15) is 36.4 Å². The lowest BCUT2D eigenvalue weighted by molar-refractivity contribution is -0.151. The Labute approximate surface area is 209 Å². The number of ether oxygens (including phenoxy) is 3. The maximum atomic E-state index is 14.6. The van der Waals surface area contributed by atoms with Crippen LogP contribution < -0.4 is 14.8 Å². The van der Waals surface area contributed by atoms with Crippen LogP contribution >= 0.6 is 0 Å². The van der Waals surface area contributed by atoms with Crippen molar-refractivity contribution in [3.05, 3.63) is 35.9 Å². The van der Waals surface area contributed by atoms with E-state index in [1.165, 1.54) is 24.5 Å². The summed E-state index contributed by atoms with van der Waals surface area (Å²) < 4.78 is 53.4. The predicted octanol–water partition coefficient (Wildman–Crippen LogP) is 3.41. The number of carbonyl (C=O) groups is 1. The van der Waals surface area contributed by atoms with Gasteiger partial charge in [-0.25, -0.2) is 27.6 Å². The third-order valence-corrected chi connectivity index (χ3v) is 6.08. The molecule has 1 N–H and O–H groups in total. The van der Waals surface area contributed by atoms with E-state index in [2.05, 4.69) is 15.3 Å². The number of benzene rings is 1. The summed E-state index contributed by atoms with van der Waals surface area (Å²) in [6, 6.07) is 4.19. The van der Waals surface area contributed by atoms with Crippen LogP contribution in [0.2, 0.25) is 0 Å². The molecule has 2 aromatic rings. The van der Waals surface area contributed by atoms with Crippen LogP contribution in [0.25, 0.3) is 0 Å². The Kier molecular flexibility index (Phi) is 9.26. The summed E-state index contributed by atoms with van der Waals surface area (Å²) in [5.74, 6) is 0.219. The summed E-state index contributed by atoms with van der Waals surface area (Å²) >= 11 is 0. The topological polar surface area (TPSA) is 129 Å². The Hall–Kier alpha value is -3.19. The third-order valence-electron chi connectivity index (χ3n) is 5.17. The van der Waals surface area contributed by atoms with Crippen molar-refractivity contribution in [2.24, 2.45) is 0 Å². The molecule has 0 unspecified atom stereocenters. The van der Waals surface area contributed by atoms with E-state index >= 15 is 0 Å². The van der Waals surface area contributed by atoms with Gasteiger partial charge in [0.2, 0.25) is 5.88 Å². The van der Waals surface area contributed by atoms with E-state index in [0.717, 1.165) is 6.26 Å². The molecule has 0 atom stereocenters. The number of hydrogen-bond donors (Lipinski definition) is 1. The molecule has 0 aliphatic carbocycles. The van der Waals surface area contributed by atoms with E-state index in [1.807, 2.05) is 0 Å². The van der Waals surface area contributed by atoms with Crippen LogP contribution in [0.5, 0.6) is 11.6 Å². The highest BCUT2D eigenvalue weighted by atomic mass is 32.2. The van der Waals surface area contributed by atoms with Gasteiger partial charge in [-0.2, -0.15) is 0 Å².